The van der Waals surface area contributed by atoms with Crippen LogP contribution in [0.2, 0.25) is 0 Å². The van der Waals surface area contributed by atoms with Crippen LogP contribution in [0.5, 0.6) is 0 Å². The maximum Gasteiger partial charge on any atom is 0.335 e. The molecule has 0 unspecified atom stereocenters. The van der Waals surface area contributed by atoms with Gasteiger partial charge in [0.15, 0.2) is 0 Å². The number of aromatic carboxylic acids is 1. The molecule has 4 heteroatoms. The third-order valence-corrected chi connectivity index (χ3v) is 3.40. The molecule has 0 amide bonds. The second-order valence-corrected chi connectivity index (χ2v) is 4.75. The van der Waals surface area contributed by atoms with Crippen molar-refractivity contribution in [2.45, 2.75) is 19.8 Å². The van der Waals surface area contributed by atoms with Crippen LogP contribution in [0.1, 0.15) is 30.1 Å². The van der Waals surface area contributed by atoms with Crippen molar-refractivity contribution in [1.29, 1.82) is 0 Å². The van der Waals surface area contributed by atoms with E-state index in [1.165, 1.54) is 0 Å². The summed E-state index contributed by atoms with van der Waals surface area (Å²) < 4.78 is 0. The van der Waals surface area contributed by atoms with Gasteiger partial charge in [-0.1, -0.05) is 6.92 Å². The summed E-state index contributed by atoms with van der Waals surface area (Å²) in [6.45, 7) is 4.15. The Morgan fingerprint density at radius 2 is 2.06 bits per heavy atom. The average Bonchev–Trinajstić information content (AvgIpc) is 2.31. The highest BCUT2D eigenvalue weighted by atomic mass is 16.4. The van der Waals surface area contributed by atoms with Crippen LogP contribution in [0.4, 0.5) is 11.4 Å². The first-order chi connectivity index (χ1) is 8.08. The molecule has 1 saturated heterocycles. The van der Waals surface area contributed by atoms with Gasteiger partial charge >= 0.3 is 5.97 Å². The molecule has 1 aliphatic heterocycles. The van der Waals surface area contributed by atoms with Gasteiger partial charge in [-0.3, -0.25) is 0 Å². The molecule has 1 aromatic rings. The van der Waals surface area contributed by atoms with E-state index in [9.17, 15) is 4.79 Å². The van der Waals surface area contributed by atoms with Crippen molar-refractivity contribution in [2.75, 3.05) is 23.7 Å². The highest BCUT2D eigenvalue weighted by molar-refractivity contribution is 5.90. The van der Waals surface area contributed by atoms with Crippen LogP contribution in [0.15, 0.2) is 18.2 Å². The van der Waals surface area contributed by atoms with E-state index in [0.29, 0.717) is 11.3 Å². The van der Waals surface area contributed by atoms with E-state index in [1.807, 2.05) is 0 Å². The zero-order valence-electron chi connectivity index (χ0n) is 10.0. The number of carboxylic acids is 1. The van der Waals surface area contributed by atoms with Crippen molar-refractivity contribution in [3.8, 4) is 0 Å². The molecule has 0 radical (unpaired) electrons. The van der Waals surface area contributed by atoms with Gasteiger partial charge in [0, 0.05) is 13.1 Å². The highest BCUT2D eigenvalue weighted by Crippen LogP contribution is 2.28. The minimum atomic E-state index is -0.906. The van der Waals surface area contributed by atoms with E-state index in [-0.39, 0.29) is 0 Å². The van der Waals surface area contributed by atoms with E-state index >= 15 is 0 Å². The molecule has 1 aliphatic rings. The molecule has 0 atom stereocenters. The van der Waals surface area contributed by atoms with E-state index in [4.69, 9.17) is 10.8 Å². The number of piperidine rings is 1. The largest absolute Gasteiger partial charge is 0.478 e. The van der Waals surface area contributed by atoms with Gasteiger partial charge in [-0.05, 0) is 37.0 Å². The molecule has 0 aliphatic carbocycles. The smallest absolute Gasteiger partial charge is 0.335 e. The zero-order valence-corrected chi connectivity index (χ0v) is 10.0. The maximum absolute atomic E-state index is 10.9. The van der Waals surface area contributed by atoms with Gasteiger partial charge in [-0.25, -0.2) is 4.79 Å². The van der Waals surface area contributed by atoms with Gasteiger partial charge in [-0.2, -0.15) is 0 Å². The van der Waals surface area contributed by atoms with E-state index < -0.39 is 5.97 Å². The molecule has 0 bridgehead atoms. The number of anilines is 2. The van der Waals surface area contributed by atoms with Crippen LogP contribution < -0.4 is 10.6 Å². The molecular weight excluding hydrogens is 216 g/mol. The third kappa shape index (κ3) is 2.52. The fraction of sp³-hybridized carbons (Fsp3) is 0.462. The van der Waals surface area contributed by atoms with Crippen molar-refractivity contribution >= 4 is 17.3 Å². The van der Waals surface area contributed by atoms with Crippen molar-refractivity contribution in [3.63, 3.8) is 0 Å². The van der Waals surface area contributed by atoms with E-state index in [2.05, 4.69) is 11.8 Å². The number of nitrogens with zero attached hydrogens (tertiary/aromatic N) is 1. The molecule has 0 spiro atoms. The summed E-state index contributed by atoms with van der Waals surface area (Å²) in [5.41, 5.74) is 7.73. The van der Waals surface area contributed by atoms with Gasteiger partial charge in [0.05, 0.1) is 16.9 Å². The molecule has 3 N–H and O–H groups in total. The van der Waals surface area contributed by atoms with Gasteiger partial charge in [0.25, 0.3) is 0 Å². The Kier molecular flexibility index (Phi) is 3.22. The molecule has 4 nitrogen and oxygen atoms in total. The predicted molar refractivity (Wildman–Crippen MR) is 68.4 cm³/mol. The number of benzene rings is 1. The Labute approximate surface area is 101 Å². The molecule has 17 heavy (non-hydrogen) atoms. The second kappa shape index (κ2) is 4.65. The number of hydrogen-bond donors (Lipinski definition) is 2. The normalized spacial score (nSPS) is 17.1. The highest BCUT2D eigenvalue weighted by Gasteiger charge is 2.18. The minimum absolute atomic E-state index is 0.299. The summed E-state index contributed by atoms with van der Waals surface area (Å²) >= 11 is 0. The summed E-state index contributed by atoms with van der Waals surface area (Å²) in [5.74, 6) is -0.160. The summed E-state index contributed by atoms with van der Waals surface area (Å²) in [5, 5.41) is 8.98. The van der Waals surface area contributed by atoms with Crippen molar-refractivity contribution in [1.82, 2.24) is 0 Å². The Morgan fingerprint density at radius 3 is 2.65 bits per heavy atom. The predicted octanol–water partition coefficient (Wildman–Crippen LogP) is 2.20. The first kappa shape index (κ1) is 11.8. The first-order valence-corrected chi connectivity index (χ1v) is 5.95. The number of nitrogen functional groups attached to an aromatic ring is 1. The second-order valence-electron chi connectivity index (χ2n) is 4.75. The lowest BCUT2D eigenvalue weighted by Crippen LogP contribution is -2.33. The Bertz CT molecular complexity index is 423. The first-order valence-electron chi connectivity index (χ1n) is 5.95. The Hall–Kier alpha value is -1.71. The molecule has 2 rings (SSSR count). The molecule has 1 aromatic carbocycles. The number of nitrogens with two attached hydrogens (primary N) is 1. The van der Waals surface area contributed by atoms with Crippen LogP contribution >= 0.6 is 0 Å². The van der Waals surface area contributed by atoms with Crippen molar-refractivity contribution in [3.05, 3.63) is 23.8 Å². The van der Waals surface area contributed by atoms with Gasteiger partial charge in [0.1, 0.15) is 0 Å². The lowest BCUT2D eigenvalue weighted by Gasteiger charge is -2.33. The maximum atomic E-state index is 10.9. The number of carboxylic acid groups (broad SMARTS) is 1. The van der Waals surface area contributed by atoms with Gasteiger partial charge < -0.3 is 15.7 Å². The molecule has 0 saturated carbocycles. The average molecular weight is 234 g/mol. The molecule has 1 fully saturated rings. The van der Waals surface area contributed by atoms with Gasteiger partial charge in [0.2, 0.25) is 0 Å². The fourth-order valence-corrected chi connectivity index (χ4v) is 2.20. The van der Waals surface area contributed by atoms with Crippen LogP contribution in [0, 0.1) is 5.92 Å². The number of carbonyl (C=O) groups is 1. The standard InChI is InChI=1S/C13H18N2O2/c1-9-4-6-15(7-5-9)12-8-10(13(16)17)2-3-11(12)14/h2-3,8-9H,4-7,14H2,1H3,(H,16,17). The van der Waals surface area contributed by atoms with Crippen LogP contribution in [0.3, 0.4) is 0 Å². The molecular formula is C13H18N2O2. The molecule has 1 heterocycles. The third-order valence-electron chi connectivity index (χ3n) is 3.40. The van der Waals surface area contributed by atoms with Crippen molar-refractivity contribution < 1.29 is 9.90 Å². The molecule has 92 valence electrons. The quantitative estimate of drug-likeness (QED) is 0.770. The summed E-state index contributed by atoms with van der Waals surface area (Å²) in [6.07, 6.45) is 2.27. The number of hydrogen-bond acceptors (Lipinski definition) is 3. The SMILES string of the molecule is CC1CCN(c2cc(C(=O)O)ccc2N)CC1. The topological polar surface area (TPSA) is 66.6 Å². The number of rotatable bonds is 2. The van der Waals surface area contributed by atoms with Gasteiger partial charge in [-0.15, -0.1) is 0 Å². The van der Waals surface area contributed by atoms with E-state index in [1.54, 1.807) is 18.2 Å². The minimum Gasteiger partial charge on any atom is -0.478 e. The van der Waals surface area contributed by atoms with Crippen LogP contribution in [-0.4, -0.2) is 24.2 Å². The van der Waals surface area contributed by atoms with Crippen molar-refractivity contribution in [2.24, 2.45) is 5.92 Å². The Balaban J connectivity index is 2.25. The Morgan fingerprint density at radius 1 is 1.41 bits per heavy atom. The summed E-state index contributed by atoms with van der Waals surface area (Å²) in [7, 11) is 0. The fourth-order valence-electron chi connectivity index (χ4n) is 2.20. The van der Waals surface area contributed by atoms with Crippen LogP contribution in [-0.2, 0) is 0 Å². The van der Waals surface area contributed by atoms with E-state index in [0.717, 1.165) is 37.5 Å². The monoisotopic (exact) mass is 234 g/mol. The molecule has 0 aromatic heterocycles. The summed E-state index contributed by atoms with van der Waals surface area (Å²) in [6, 6.07) is 4.90. The van der Waals surface area contributed by atoms with Crippen LogP contribution in [0.25, 0.3) is 0 Å². The lowest BCUT2D eigenvalue weighted by molar-refractivity contribution is 0.0697. The zero-order chi connectivity index (χ0) is 12.4. The lowest BCUT2D eigenvalue weighted by atomic mass is 9.98. The summed E-state index contributed by atoms with van der Waals surface area (Å²) in [4.78, 5) is 13.1.